The highest BCUT2D eigenvalue weighted by Crippen LogP contribution is 2.07. The van der Waals surface area contributed by atoms with E-state index >= 15 is 0 Å². The second kappa shape index (κ2) is 4.20. The molecule has 1 aliphatic rings. The van der Waals surface area contributed by atoms with Crippen molar-refractivity contribution >= 4 is 11.5 Å². The molecule has 0 bridgehead atoms. The largest absolute Gasteiger partial charge is 0.237 e. The first-order valence-electron chi connectivity index (χ1n) is 4.68. The molecule has 0 saturated heterocycles. The average molecular weight is 176 g/mol. The van der Waals surface area contributed by atoms with Gasteiger partial charge >= 0.3 is 0 Å². The number of amidine groups is 1. The van der Waals surface area contributed by atoms with Crippen molar-refractivity contribution in [2.75, 3.05) is 0 Å². The molecule has 13 heavy (non-hydrogen) atoms. The lowest BCUT2D eigenvalue weighted by Crippen LogP contribution is -2.10. The molecule has 1 heterocycles. The van der Waals surface area contributed by atoms with Crippen LogP contribution in [0.15, 0.2) is 28.0 Å². The molecule has 2 heteroatoms. The van der Waals surface area contributed by atoms with Crippen molar-refractivity contribution in [3.8, 4) is 0 Å². The molecular formula is C11H16N2. The third-order valence-corrected chi connectivity index (χ3v) is 1.85. The highest BCUT2D eigenvalue weighted by atomic mass is 14.9. The second-order valence-corrected chi connectivity index (χ2v) is 3.77. The minimum atomic E-state index is 0.373. The van der Waals surface area contributed by atoms with Gasteiger partial charge in [-0.1, -0.05) is 33.4 Å². The minimum Gasteiger partial charge on any atom is -0.237 e. The van der Waals surface area contributed by atoms with E-state index in [4.69, 9.17) is 0 Å². The zero-order valence-corrected chi connectivity index (χ0v) is 8.70. The molecule has 0 amide bonds. The predicted molar refractivity (Wildman–Crippen MR) is 57.2 cm³/mol. The number of allylic oxidation sites excluding steroid dienone is 1. The van der Waals surface area contributed by atoms with Crippen LogP contribution in [0.4, 0.5) is 0 Å². The first kappa shape index (κ1) is 9.94. The van der Waals surface area contributed by atoms with Crippen LogP contribution in [0.5, 0.6) is 0 Å². The summed E-state index contributed by atoms with van der Waals surface area (Å²) < 4.78 is 0. The Morgan fingerprint density at radius 2 is 1.85 bits per heavy atom. The Kier molecular flexibility index (Phi) is 3.21. The Morgan fingerprint density at radius 3 is 2.38 bits per heavy atom. The third-order valence-electron chi connectivity index (χ3n) is 1.85. The molecule has 0 N–H and O–H groups in total. The number of nitrogens with zero attached hydrogens (tertiary/aromatic N) is 2. The molecule has 0 aromatic carbocycles. The summed E-state index contributed by atoms with van der Waals surface area (Å²) in [6.07, 6.45) is 3.60. The van der Waals surface area contributed by atoms with Crippen molar-refractivity contribution in [1.29, 1.82) is 0 Å². The highest BCUT2D eigenvalue weighted by molar-refractivity contribution is 6.05. The molecule has 2 nitrogen and oxygen atoms in total. The Hall–Kier alpha value is -1.14. The quantitative estimate of drug-likeness (QED) is 0.578. The molecule has 0 atom stereocenters. The van der Waals surface area contributed by atoms with Gasteiger partial charge in [-0.05, 0) is 5.92 Å². The van der Waals surface area contributed by atoms with E-state index in [1.807, 2.05) is 6.08 Å². The first-order chi connectivity index (χ1) is 6.11. The smallest absolute Gasteiger partial charge is 0.131 e. The third kappa shape index (κ3) is 2.67. The number of rotatable bonds is 2. The van der Waals surface area contributed by atoms with Crippen LogP contribution in [0.2, 0.25) is 0 Å². The van der Waals surface area contributed by atoms with Gasteiger partial charge in [0.2, 0.25) is 0 Å². The van der Waals surface area contributed by atoms with Crippen molar-refractivity contribution in [1.82, 2.24) is 0 Å². The molecule has 0 aliphatic carbocycles. The zero-order chi connectivity index (χ0) is 9.84. The monoisotopic (exact) mass is 176 g/mol. The van der Waals surface area contributed by atoms with Gasteiger partial charge in [-0.2, -0.15) is 0 Å². The van der Waals surface area contributed by atoms with Gasteiger partial charge in [0.25, 0.3) is 0 Å². The molecule has 0 fully saturated rings. The van der Waals surface area contributed by atoms with E-state index < -0.39 is 0 Å². The predicted octanol–water partition coefficient (Wildman–Crippen LogP) is 2.82. The Labute approximate surface area is 79.8 Å². The van der Waals surface area contributed by atoms with Crippen LogP contribution in [0, 0.1) is 11.8 Å². The molecule has 0 unspecified atom stereocenters. The normalized spacial score (nSPS) is 16.2. The van der Waals surface area contributed by atoms with Crippen molar-refractivity contribution in [3.05, 3.63) is 18.0 Å². The molecular weight excluding hydrogens is 160 g/mol. The van der Waals surface area contributed by atoms with Gasteiger partial charge in [-0.15, -0.1) is 0 Å². The summed E-state index contributed by atoms with van der Waals surface area (Å²) in [5.41, 5.74) is 4.05. The van der Waals surface area contributed by atoms with Crippen molar-refractivity contribution in [2.45, 2.75) is 27.7 Å². The van der Waals surface area contributed by atoms with Gasteiger partial charge in [-0.3, -0.25) is 0 Å². The summed E-state index contributed by atoms with van der Waals surface area (Å²) in [6, 6.07) is 0. The lowest BCUT2D eigenvalue weighted by Gasteiger charge is -2.07. The maximum absolute atomic E-state index is 4.49. The van der Waals surface area contributed by atoms with Gasteiger partial charge in [-0.25, -0.2) is 9.98 Å². The van der Waals surface area contributed by atoms with E-state index in [2.05, 4.69) is 43.4 Å². The maximum atomic E-state index is 4.49. The molecule has 0 spiro atoms. The zero-order valence-electron chi connectivity index (χ0n) is 8.70. The molecule has 0 aromatic heterocycles. The first-order valence-corrected chi connectivity index (χ1v) is 4.68. The van der Waals surface area contributed by atoms with E-state index in [0.717, 1.165) is 11.5 Å². The molecule has 0 radical (unpaired) electrons. The summed E-state index contributed by atoms with van der Waals surface area (Å²) in [4.78, 5) is 8.71. The Morgan fingerprint density at radius 1 is 1.15 bits per heavy atom. The number of hydrogen-bond donors (Lipinski definition) is 0. The molecule has 0 aromatic rings. The topological polar surface area (TPSA) is 24.7 Å². The highest BCUT2D eigenvalue weighted by Gasteiger charge is 2.08. The van der Waals surface area contributed by atoms with Crippen LogP contribution in [-0.2, 0) is 0 Å². The van der Waals surface area contributed by atoms with Crippen LogP contribution in [0.25, 0.3) is 0 Å². The van der Waals surface area contributed by atoms with Crippen LogP contribution < -0.4 is 0 Å². The minimum absolute atomic E-state index is 0.373. The fourth-order valence-electron chi connectivity index (χ4n) is 0.993. The van der Waals surface area contributed by atoms with Crippen LogP contribution in [0.1, 0.15) is 27.7 Å². The van der Waals surface area contributed by atoms with E-state index in [-0.39, 0.29) is 0 Å². The SMILES string of the molecule is CC(C)C1=NC(C(C)C)=NC=C=C1. The lowest BCUT2D eigenvalue weighted by molar-refractivity contribution is 0.859. The second-order valence-electron chi connectivity index (χ2n) is 3.77. The van der Waals surface area contributed by atoms with E-state index in [0.29, 0.717) is 11.8 Å². The van der Waals surface area contributed by atoms with Crippen molar-refractivity contribution in [2.24, 2.45) is 21.8 Å². The molecule has 1 aliphatic heterocycles. The molecule has 70 valence electrons. The molecule has 1 rings (SSSR count). The van der Waals surface area contributed by atoms with Gasteiger partial charge in [0.1, 0.15) is 5.84 Å². The number of hydrogen-bond acceptors (Lipinski definition) is 2. The van der Waals surface area contributed by atoms with Gasteiger partial charge < -0.3 is 0 Å². The fraction of sp³-hybridized carbons (Fsp3) is 0.545. The lowest BCUT2D eigenvalue weighted by atomic mass is 10.1. The van der Waals surface area contributed by atoms with Crippen molar-refractivity contribution < 1.29 is 0 Å². The fourth-order valence-corrected chi connectivity index (χ4v) is 0.993. The summed E-state index contributed by atoms with van der Waals surface area (Å²) in [7, 11) is 0. The number of aliphatic imine (C=N–C) groups is 2. The summed E-state index contributed by atoms with van der Waals surface area (Å²) in [6.45, 7) is 8.44. The van der Waals surface area contributed by atoms with E-state index in [1.165, 1.54) is 0 Å². The van der Waals surface area contributed by atoms with Gasteiger partial charge in [0, 0.05) is 12.0 Å². The van der Waals surface area contributed by atoms with Crippen molar-refractivity contribution in [3.63, 3.8) is 0 Å². The maximum Gasteiger partial charge on any atom is 0.131 e. The Balaban J connectivity index is 2.99. The summed E-state index contributed by atoms with van der Waals surface area (Å²) >= 11 is 0. The molecule has 0 saturated carbocycles. The van der Waals surface area contributed by atoms with Crippen LogP contribution in [-0.4, -0.2) is 11.5 Å². The van der Waals surface area contributed by atoms with Crippen LogP contribution in [0.3, 0.4) is 0 Å². The van der Waals surface area contributed by atoms with Crippen LogP contribution >= 0.6 is 0 Å². The average Bonchev–Trinajstić information content (AvgIpc) is 2.28. The summed E-state index contributed by atoms with van der Waals surface area (Å²) in [5, 5.41) is 0. The van der Waals surface area contributed by atoms with E-state index in [1.54, 1.807) is 6.20 Å². The van der Waals surface area contributed by atoms with E-state index in [9.17, 15) is 0 Å². The standard InChI is InChI=1S/C11H16N2/c1-8(2)10-6-5-7-12-11(13-10)9(3)4/h6-9H,1-4H3. The Bertz CT molecular complexity index is 300. The summed E-state index contributed by atoms with van der Waals surface area (Å²) in [5.74, 6) is 1.70. The van der Waals surface area contributed by atoms with Gasteiger partial charge in [0.05, 0.1) is 11.9 Å². The van der Waals surface area contributed by atoms with Gasteiger partial charge in [0.15, 0.2) is 0 Å².